The van der Waals surface area contributed by atoms with Crippen molar-refractivity contribution in [2.45, 2.75) is 83.5 Å². The lowest BCUT2D eigenvalue weighted by Gasteiger charge is -2.35. The van der Waals surface area contributed by atoms with E-state index in [2.05, 4.69) is 291 Å². The van der Waals surface area contributed by atoms with Gasteiger partial charge in [0.1, 0.15) is 0 Å². The minimum Gasteiger partial charge on any atom is -0.310 e. The first-order valence-electron chi connectivity index (χ1n) is 31.7. The van der Waals surface area contributed by atoms with Crippen molar-refractivity contribution < 1.29 is 0 Å². The van der Waals surface area contributed by atoms with Crippen LogP contribution in [0.3, 0.4) is 0 Å². The van der Waals surface area contributed by atoms with Gasteiger partial charge in [-0.1, -0.05) is 285 Å². The van der Waals surface area contributed by atoms with Gasteiger partial charge in [0.15, 0.2) is 0 Å². The van der Waals surface area contributed by atoms with E-state index < -0.39 is 0 Å². The fourth-order valence-corrected chi connectivity index (χ4v) is 14.5. The molecule has 0 spiro atoms. The summed E-state index contributed by atoms with van der Waals surface area (Å²) in [6, 6.07) is 96.1. The van der Waals surface area contributed by atoms with Crippen LogP contribution >= 0.6 is 0 Å². The van der Waals surface area contributed by atoms with Crippen LogP contribution in [0.1, 0.15) is 100 Å². The van der Waals surface area contributed by atoms with E-state index in [9.17, 15) is 0 Å². The van der Waals surface area contributed by atoms with Crippen LogP contribution in [-0.2, 0) is 5.41 Å². The van der Waals surface area contributed by atoms with Gasteiger partial charge >= 0.3 is 0 Å². The second-order valence-corrected chi connectivity index (χ2v) is 24.0. The van der Waals surface area contributed by atoms with Crippen LogP contribution in [0.25, 0.3) is 117 Å². The van der Waals surface area contributed by atoms with Crippen LogP contribution in [0.4, 0.5) is 17.1 Å². The van der Waals surface area contributed by atoms with Gasteiger partial charge in [-0.25, -0.2) is 0 Å². The van der Waals surface area contributed by atoms with Crippen LogP contribution in [-0.4, -0.2) is 4.57 Å². The Bertz CT molecular complexity index is 4440. The summed E-state index contributed by atoms with van der Waals surface area (Å²) in [7, 11) is 0. The minimum atomic E-state index is -0.280. The molecule has 0 fully saturated rings. The number of fused-ring (bicyclic) bond motifs is 10. The molecule has 0 saturated heterocycles. The molecule has 0 N–H and O–H groups in total. The van der Waals surface area contributed by atoms with Crippen LogP contribution in [0.15, 0.2) is 268 Å². The summed E-state index contributed by atoms with van der Waals surface area (Å²) < 4.78 is 2.62. The largest absolute Gasteiger partial charge is 0.310 e. The van der Waals surface area contributed by atoms with Gasteiger partial charge in [0.25, 0.3) is 0 Å². The number of anilines is 3. The molecule has 1 aliphatic rings. The summed E-state index contributed by atoms with van der Waals surface area (Å²) >= 11 is 0. The van der Waals surface area contributed by atoms with E-state index in [1.54, 1.807) is 0 Å². The van der Waals surface area contributed by atoms with Gasteiger partial charge in [0.2, 0.25) is 0 Å². The summed E-state index contributed by atoms with van der Waals surface area (Å²) in [6.07, 6.45) is 15.5. The molecule has 12 aromatic carbocycles. The van der Waals surface area contributed by atoms with E-state index in [0.29, 0.717) is 0 Å². The average Bonchev–Trinajstić information content (AvgIpc) is 1.55. The topological polar surface area (TPSA) is 8.17 Å². The number of unbranched alkanes of at least 4 members (excludes halogenated alkanes) is 6. The molecule has 2 heteroatoms. The second kappa shape index (κ2) is 24.0. The Morgan fingerprint density at radius 3 is 1.18 bits per heavy atom. The van der Waals surface area contributed by atoms with Gasteiger partial charge in [0, 0.05) is 38.3 Å². The van der Waals surface area contributed by atoms with Gasteiger partial charge in [0.05, 0.1) is 22.4 Å². The van der Waals surface area contributed by atoms with E-state index in [0.717, 1.165) is 48.2 Å². The Morgan fingerprint density at radius 1 is 0.345 bits per heavy atom. The molecule has 0 saturated carbocycles. The maximum absolute atomic E-state index is 4.05. The fourth-order valence-electron chi connectivity index (χ4n) is 14.5. The summed E-state index contributed by atoms with van der Waals surface area (Å²) in [5.74, 6) is 0. The molecule has 1 heterocycles. The van der Waals surface area contributed by atoms with Crippen molar-refractivity contribution in [2.75, 3.05) is 4.90 Å². The van der Waals surface area contributed by atoms with Crippen molar-refractivity contribution in [3.8, 4) is 61.3 Å². The van der Waals surface area contributed by atoms with Gasteiger partial charge in [-0.05, 0) is 162 Å². The van der Waals surface area contributed by atoms with Gasteiger partial charge in [-0.15, -0.1) is 0 Å². The molecular formula is C85H74N2. The van der Waals surface area contributed by atoms with Crippen molar-refractivity contribution in [3.63, 3.8) is 0 Å². The Hall–Kier alpha value is -9.76. The zero-order chi connectivity index (χ0) is 58.8. The smallest absolute Gasteiger partial charge is 0.0544 e. The van der Waals surface area contributed by atoms with Crippen LogP contribution in [0.2, 0.25) is 0 Å². The number of nitrogens with zero attached hydrogens (tertiary/aromatic N) is 2. The Morgan fingerprint density at radius 2 is 0.724 bits per heavy atom. The molecule has 2 nitrogen and oxygen atoms in total. The molecule has 0 radical (unpaired) electrons. The number of rotatable bonds is 20. The predicted octanol–water partition coefficient (Wildman–Crippen LogP) is 24.7. The fraction of sp³-hybridized carbons (Fsp3) is 0.153. The maximum atomic E-state index is 4.05. The first kappa shape index (κ1) is 55.1. The van der Waals surface area contributed by atoms with Crippen LogP contribution in [0, 0.1) is 0 Å². The number of benzene rings is 12. The normalized spacial score (nSPS) is 12.4. The first-order valence-corrected chi connectivity index (χ1v) is 31.7. The molecule has 0 bridgehead atoms. The van der Waals surface area contributed by atoms with Crippen molar-refractivity contribution in [2.24, 2.45) is 0 Å². The van der Waals surface area contributed by atoms with Crippen molar-refractivity contribution in [1.29, 1.82) is 0 Å². The number of aromatic nitrogens is 1. The first-order chi connectivity index (χ1) is 43.0. The number of hydrogen-bond acceptors (Lipinski definition) is 1. The van der Waals surface area contributed by atoms with Crippen LogP contribution < -0.4 is 4.90 Å². The Labute approximate surface area is 514 Å². The molecule has 1 aliphatic carbocycles. The standard InChI is InChI=1S/C85H74N2/c1-5-9-11-23-53-85(54-24-12-10-6-2)77-57-81(86(69-47-41-63(42-48-69)61-25-15-13-16-26-61)70-49-43-64(44-50-70)62-27-17-14-18-28-62)71-29-19-21-31-73(71)83(77)84-74-32-22-20-30-72(74)82(58-78(84)85)87-79-51-45-67(65-37-33-59(7-3)34-38-65)55-75(79)76-56-68(46-52-80(76)87)66-39-35-60(8-4)36-40-66/h7-8,13-22,25-52,55-58H,3-6,9-12,23-24,53-54H2,1-2H3. The Kier molecular flexibility index (Phi) is 15.2. The van der Waals surface area contributed by atoms with Gasteiger partial charge in [-0.3, -0.25) is 0 Å². The Balaban J connectivity index is 1.03. The molecule has 0 amide bonds. The second-order valence-electron chi connectivity index (χ2n) is 24.0. The van der Waals surface area contributed by atoms with Gasteiger partial charge in [-0.2, -0.15) is 0 Å². The van der Waals surface area contributed by atoms with E-state index in [-0.39, 0.29) is 5.41 Å². The van der Waals surface area contributed by atoms with Crippen molar-refractivity contribution in [1.82, 2.24) is 4.57 Å². The molecule has 87 heavy (non-hydrogen) atoms. The van der Waals surface area contributed by atoms with E-state index in [1.807, 2.05) is 12.2 Å². The molecule has 0 unspecified atom stereocenters. The lowest BCUT2D eigenvalue weighted by molar-refractivity contribution is 0.401. The summed E-state index contributed by atoms with van der Waals surface area (Å²) in [4.78, 5) is 2.56. The molecule has 14 rings (SSSR count). The highest BCUT2D eigenvalue weighted by Gasteiger charge is 2.45. The lowest BCUT2D eigenvalue weighted by atomic mass is 9.70. The monoisotopic (exact) mass is 1120 g/mol. The molecule has 13 aromatic rings. The van der Waals surface area contributed by atoms with Crippen LogP contribution in [0.5, 0.6) is 0 Å². The molecular weight excluding hydrogens is 1050 g/mol. The highest BCUT2D eigenvalue weighted by atomic mass is 15.1. The lowest BCUT2D eigenvalue weighted by Crippen LogP contribution is -2.26. The van der Waals surface area contributed by atoms with Crippen molar-refractivity contribution in [3.05, 3.63) is 290 Å². The zero-order valence-corrected chi connectivity index (χ0v) is 50.3. The molecule has 0 aliphatic heterocycles. The average molecular weight is 1120 g/mol. The summed E-state index contributed by atoms with van der Waals surface area (Å²) in [5, 5.41) is 7.60. The highest BCUT2D eigenvalue weighted by Crippen LogP contribution is 2.61. The zero-order valence-electron chi connectivity index (χ0n) is 50.3. The third-order valence-corrected chi connectivity index (χ3v) is 18.9. The third-order valence-electron chi connectivity index (χ3n) is 18.9. The third kappa shape index (κ3) is 10.1. The SMILES string of the molecule is C=Cc1ccc(-c2ccc3c(c2)c2cc(-c4ccc(C=C)cc4)ccc2n3-c2cc3c(c4ccccc24)-c2c(cc(N(c4ccc(-c5ccccc5)cc4)c4ccc(-c5ccccc5)cc4)c4ccccc24)C3(CCCCCC)CCCCCC)cc1. The van der Waals surface area contributed by atoms with E-state index in [1.165, 1.54) is 160 Å². The van der Waals surface area contributed by atoms with E-state index >= 15 is 0 Å². The number of hydrogen-bond donors (Lipinski definition) is 0. The molecule has 1 aromatic heterocycles. The summed E-state index contributed by atoms with van der Waals surface area (Å²) in [6.45, 7) is 12.8. The predicted molar refractivity (Wildman–Crippen MR) is 376 cm³/mol. The quantitative estimate of drug-likeness (QED) is 0.0691. The van der Waals surface area contributed by atoms with E-state index in [4.69, 9.17) is 0 Å². The van der Waals surface area contributed by atoms with Crippen molar-refractivity contribution >= 4 is 72.6 Å². The maximum Gasteiger partial charge on any atom is 0.0544 e. The molecule has 0 atom stereocenters. The van der Waals surface area contributed by atoms with Gasteiger partial charge < -0.3 is 9.47 Å². The molecule has 424 valence electrons. The summed E-state index contributed by atoms with van der Waals surface area (Å²) in [5.41, 5.74) is 24.4. The minimum absolute atomic E-state index is 0.280. The highest BCUT2D eigenvalue weighted by molar-refractivity contribution is 6.18.